The van der Waals surface area contributed by atoms with E-state index >= 15 is 0 Å². The number of aromatic amines is 2. The Hall–Kier alpha value is -8.68. The molecular weight excluding hydrogens is 1000 g/mol. The zero-order valence-corrected chi connectivity index (χ0v) is 49.0. The molecule has 7 aromatic rings. The Morgan fingerprint density at radius 2 is 0.575 bits per heavy atom. The lowest BCUT2D eigenvalue weighted by atomic mass is 10.1. The zero-order valence-electron chi connectivity index (χ0n) is 49.0. The first-order valence-corrected chi connectivity index (χ1v) is 28.0. The maximum atomic E-state index is 5.39. The first-order valence-electron chi connectivity index (χ1n) is 28.0. The predicted octanol–water partition coefficient (Wildman–Crippen LogP) is 11.6. The SMILES string of the molecule is CC(C)N=C(Nc1ccc2c(c1)-c1nc-2nc2[nH]c(nc3nc(nc4[nH]c(n1)c1ccc(NC(=NC(C)C)NC(C)C)cc41)-c1ccc(NC(=NC(C)C)NC(C)C)cc1-3)c1ccc(NC(=NC(C)C)NC(C)C)cc21)NC(C)C. The number of anilines is 4. The van der Waals surface area contributed by atoms with Crippen LogP contribution in [0.1, 0.15) is 111 Å². The van der Waals surface area contributed by atoms with Crippen molar-refractivity contribution in [2.45, 2.75) is 159 Å². The molecule has 0 saturated carbocycles. The third-order valence-corrected chi connectivity index (χ3v) is 12.1. The number of hydrogen-bond donors (Lipinski definition) is 10. The summed E-state index contributed by atoms with van der Waals surface area (Å²) in [6.07, 6.45) is 0. The molecule has 0 radical (unpaired) electrons. The van der Waals surface area contributed by atoms with E-state index in [2.05, 4.69) is 188 Å². The van der Waals surface area contributed by atoms with Crippen LogP contribution in [0.5, 0.6) is 0 Å². The molecule has 0 fully saturated rings. The molecule has 3 aromatic heterocycles. The van der Waals surface area contributed by atoms with Crippen LogP contribution >= 0.6 is 0 Å². The highest BCUT2D eigenvalue weighted by atomic mass is 15.2. The maximum Gasteiger partial charge on any atom is 0.196 e. The smallest absolute Gasteiger partial charge is 0.196 e. The van der Waals surface area contributed by atoms with Crippen molar-refractivity contribution in [3.8, 4) is 45.6 Å². The molecule has 20 heteroatoms. The minimum atomic E-state index is 0.0537. The van der Waals surface area contributed by atoms with Crippen LogP contribution in [-0.4, -0.2) is 112 Å². The van der Waals surface area contributed by atoms with Crippen LogP contribution in [0.25, 0.3) is 89.7 Å². The summed E-state index contributed by atoms with van der Waals surface area (Å²) in [6, 6.07) is 25.3. The molecule has 20 nitrogen and oxygen atoms in total. The van der Waals surface area contributed by atoms with E-state index in [4.69, 9.17) is 49.9 Å². The number of rotatable bonds is 12. The first-order chi connectivity index (χ1) is 38.1. The monoisotopic (exact) mass is 1080 g/mol. The second-order valence-corrected chi connectivity index (χ2v) is 22.6. The van der Waals surface area contributed by atoms with E-state index in [0.717, 1.165) is 66.5 Å². The topological polar surface area (TPSA) is 255 Å². The van der Waals surface area contributed by atoms with Gasteiger partial charge in [0, 0.05) is 115 Å². The fraction of sp³-hybridized carbons (Fsp3) is 0.400. The predicted molar refractivity (Wildman–Crippen MR) is 334 cm³/mol. The number of aromatic nitrogens is 8. The van der Waals surface area contributed by atoms with E-state index in [1.54, 1.807) is 0 Å². The second kappa shape index (κ2) is 23.7. The Labute approximate surface area is 468 Å². The van der Waals surface area contributed by atoms with Crippen molar-refractivity contribution in [2.75, 3.05) is 21.3 Å². The average molecular weight is 1080 g/mol. The summed E-state index contributed by atoms with van der Waals surface area (Å²) in [5.41, 5.74) is 8.59. The summed E-state index contributed by atoms with van der Waals surface area (Å²) in [5, 5.41) is 31.3. The van der Waals surface area contributed by atoms with E-state index in [1.165, 1.54) is 0 Å². The normalized spacial score (nSPS) is 13.2. The van der Waals surface area contributed by atoms with Crippen molar-refractivity contribution in [1.29, 1.82) is 0 Å². The number of benzene rings is 4. The average Bonchev–Trinajstić information content (AvgIpc) is 4.10. The number of nitrogens with zero attached hydrogens (tertiary/aromatic N) is 10. The summed E-state index contributed by atoms with van der Waals surface area (Å²) in [7, 11) is 0. The lowest BCUT2D eigenvalue weighted by Gasteiger charge is -2.16. The molecule has 2 aliphatic rings. The summed E-state index contributed by atoms with van der Waals surface area (Å²) in [5.74, 6) is 4.53. The van der Waals surface area contributed by atoms with Crippen LogP contribution in [0.2, 0.25) is 0 Å². The van der Waals surface area contributed by atoms with Crippen LogP contribution in [0.4, 0.5) is 22.7 Å². The zero-order chi connectivity index (χ0) is 57.1. The number of guanidine groups is 4. The van der Waals surface area contributed by atoms with Gasteiger partial charge in [-0.25, -0.2) is 29.9 Å². The maximum absolute atomic E-state index is 5.39. The molecular formula is C60H78N20. The molecule has 80 heavy (non-hydrogen) atoms. The Bertz CT molecular complexity index is 3480. The number of hydrogen-bond acceptors (Lipinski definition) is 10. The molecule has 5 heterocycles. The number of H-pyrrole nitrogens is 2. The summed E-state index contributed by atoms with van der Waals surface area (Å²) in [4.78, 5) is 58.8. The third-order valence-electron chi connectivity index (χ3n) is 12.1. The van der Waals surface area contributed by atoms with Gasteiger partial charge in [0.2, 0.25) is 0 Å². The van der Waals surface area contributed by atoms with Crippen LogP contribution in [-0.2, 0) is 0 Å². The van der Waals surface area contributed by atoms with Gasteiger partial charge in [-0.1, -0.05) is 0 Å². The van der Waals surface area contributed by atoms with Crippen LogP contribution in [0.15, 0.2) is 92.8 Å². The minimum absolute atomic E-state index is 0.0537. The molecule has 0 spiro atoms. The summed E-state index contributed by atoms with van der Waals surface area (Å²) >= 11 is 0. The van der Waals surface area contributed by atoms with Crippen molar-refractivity contribution in [2.24, 2.45) is 20.0 Å². The molecule has 0 atom stereocenters. The highest BCUT2D eigenvalue weighted by molar-refractivity contribution is 6.10. The first kappa shape index (κ1) is 56.1. The van der Waals surface area contributed by atoms with E-state index in [9.17, 15) is 0 Å². The Kier molecular flexibility index (Phi) is 16.6. The number of aliphatic imine (C=N–C) groups is 4. The van der Waals surface area contributed by atoms with E-state index in [-0.39, 0.29) is 48.3 Å². The largest absolute Gasteiger partial charge is 0.354 e. The van der Waals surface area contributed by atoms with Gasteiger partial charge in [-0.3, -0.25) is 20.0 Å². The second-order valence-electron chi connectivity index (χ2n) is 22.6. The molecule has 9 rings (SSSR count). The molecule has 0 amide bonds. The van der Waals surface area contributed by atoms with Crippen molar-refractivity contribution in [1.82, 2.24) is 61.1 Å². The molecule has 2 aliphatic heterocycles. The Morgan fingerprint density at radius 3 is 0.863 bits per heavy atom. The highest BCUT2D eigenvalue weighted by Crippen LogP contribution is 2.39. The lowest BCUT2D eigenvalue weighted by Crippen LogP contribution is -2.36. The number of fused-ring (bicyclic) bond motifs is 20. The summed E-state index contributed by atoms with van der Waals surface area (Å²) in [6.45, 7) is 33.2. The van der Waals surface area contributed by atoms with Crippen molar-refractivity contribution in [3.63, 3.8) is 0 Å². The van der Waals surface area contributed by atoms with E-state index in [1.807, 2.05) is 48.5 Å². The fourth-order valence-electron chi connectivity index (χ4n) is 9.20. The standard InChI is InChI=1S/C60H78N20/c1-29(2)61-57(62-30(3)4)69-37-17-21-41-45(25-37)53-73-49(41)78-54-47-27-39(71-59(65-33(9)10)66-34(11)12)19-23-43(47)51(75-54)80-56-48-28-40(72-60(67-35(13)14)68-36(15)16)20-24-44(48)52(76-56)79-55-46-26-38(18-22-42(46)50(74-55)77-53)70-58(63-31(5)6)64-32(7)8/h17-36H,1-16H3,(H2,61,62,69)(H2,63,64,70)(H2,65,66,71)(H2,67,68,72)(H2,73,74,75,76,77,78,79,80). The van der Waals surface area contributed by atoms with Gasteiger partial charge in [0.1, 0.15) is 22.6 Å². The molecule has 0 aliphatic carbocycles. The molecule has 0 unspecified atom stereocenters. The van der Waals surface area contributed by atoms with Crippen molar-refractivity contribution >= 4 is 90.7 Å². The Morgan fingerprint density at radius 1 is 0.312 bits per heavy atom. The fourth-order valence-corrected chi connectivity index (χ4v) is 9.20. The van der Waals surface area contributed by atoms with Crippen LogP contribution in [0.3, 0.4) is 0 Å². The van der Waals surface area contributed by atoms with Crippen molar-refractivity contribution in [3.05, 3.63) is 72.8 Å². The molecule has 8 bridgehead atoms. The number of nitrogens with one attached hydrogen (secondary N) is 10. The minimum Gasteiger partial charge on any atom is -0.354 e. The Balaban J connectivity index is 1.35. The lowest BCUT2D eigenvalue weighted by molar-refractivity contribution is 0.717. The van der Waals surface area contributed by atoms with Gasteiger partial charge >= 0.3 is 0 Å². The van der Waals surface area contributed by atoms with Gasteiger partial charge in [0.15, 0.2) is 47.1 Å². The summed E-state index contributed by atoms with van der Waals surface area (Å²) < 4.78 is 0. The molecule has 10 N–H and O–H groups in total. The quantitative estimate of drug-likeness (QED) is 0.0404. The van der Waals surface area contributed by atoms with E-state index < -0.39 is 0 Å². The molecule has 0 saturated heterocycles. The molecule has 4 aromatic carbocycles. The van der Waals surface area contributed by atoms with Gasteiger partial charge in [0.25, 0.3) is 0 Å². The van der Waals surface area contributed by atoms with Crippen LogP contribution in [0, 0.1) is 0 Å². The van der Waals surface area contributed by atoms with Crippen LogP contribution < -0.4 is 42.5 Å². The van der Waals surface area contributed by atoms with Gasteiger partial charge in [-0.15, -0.1) is 0 Å². The van der Waals surface area contributed by atoms with Gasteiger partial charge in [0.05, 0.1) is 0 Å². The molecule has 418 valence electrons. The van der Waals surface area contributed by atoms with Gasteiger partial charge in [-0.05, 0) is 184 Å². The van der Waals surface area contributed by atoms with Crippen molar-refractivity contribution < 1.29 is 0 Å². The highest BCUT2D eigenvalue weighted by Gasteiger charge is 2.25. The van der Waals surface area contributed by atoms with E-state index in [0.29, 0.717) is 69.7 Å². The third kappa shape index (κ3) is 13.4. The van der Waals surface area contributed by atoms with Gasteiger partial charge < -0.3 is 52.5 Å². The van der Waals surface area contributed by atoms with Gasteiger partial charge in [-0.2, -0.15) is 0 Å².